The highest BCUT2D eigenvalue weighted by molar-refractivity contribution is 6.10. The summed E-state index contributed by atoms with van der Waals surface area (Å²) < 4.78 is 7.98. The second kappa shape index (κ2) is 7.22. The fourth-order valence-corrected chi connectivity index (χ4v) is 4.08. The van der Waals surface area contributed by atoms with Crippen molar-refractivity contribution < 1.29 is 14.3 Å². The third kappa shape index (κ3) is 3.06. The van der Waals surface area contributed by atoms with Crippen molar-refractivity contribution in [2.24, 2.45) is 0 Å². The number of nitrogens with zero attached hydrogens (tertiary/aromatic N) is 1. The van der Waals surface area contributed by atoms with Crippen molar-refractivity contribution in [3.8, 4) is 5.75 Å². The molecule has 0 saturated heterocycles. The fraction of sp³-hybridized carbons (Fsp3) is 0.167. The van der Waals surface area contributed by atoms with Crippen molar-refractivity contribution in [2.45, 2.75) is 26.0 Å². The van der Waals surface area contributed by atoms with Crippen LogP contribution < -0.4 is 15.4 Å². The van der Waals surface area contributed by atoms with E-state index in [2.05, 4.69) is 34.3 Å². The van der Waals surface area contributed by atoms with Crippen LogP contribution in [-0.4, -0.2) is 22.5 Å². The van der Waals surface area contributed by atoms with Gasteiger partial charge in [0.15, 0.2) is 6.10 Å². The predicted octanol–water partition coefficient (Wildman–Crippen LogP) is 4.54. The fourth-order valence-electron chi connectivity index (χ4n) is 4.08. The predicted molar refractivity (Wildman–Crippen MR) is 118 cm³/mol. The van der Waals surface area contributed by atoms with Gasteiger partial charge in [0, 0.05) is 34.0 Å². The topological polar surface area (TPSA) is 72.4 Å². The van der Waals surface area contributed by atoms with Crippen molar-refractivity contribution in [3.05, 3.63) is 66.7 Å². The minimum Gasteiger partial charge on any atom is -0.478 e. The van der Waals surface area contributed by atoms with Gasteiger partial charge in [-0.3, -0.25) is 9.59 Å². The van der Waals surface area contributed by atoms with E-state index in [1.54, 1.807) is 12.1 Å². The molecule has 2 N–H and O–H groups in total. The molecule has 2 heterocycles. The van der Waals surface area contributed by atoms with Gasteiger partial charge in [0.2, 0.25) is 5.91 Å². The number of hydrogen-bond donors (Lipinski definition) is 2. The first-order valence-corrected chi connectivity index (χ1v) is 10.0. The van der Waals surface area contributed by atoms with Crippen LogP contribution >= 0.6 is 0 Å². The van der Waals surface area contributed by atoms with Crippen molar-refractivity contribution in [1.29, 1.82) is 0 Å². The molecule has 2 amide bonds. The van der Waals surface area contributed by atoms with E-state index in [1.807, 2.05) is 42.5 Å². The number of aromatic nitrogens is 1. The van der Waals surface area contributed by atoms with Gasteiger partial charge in [-0.1, -0.05) is 30.3 Å². The van der Waals surface area contributed by atoms with Crippen LogP contribution in [0, 0.1) is 0 Å². The number of aryl methyl sites for hydroxylation is 1. The highest BCUT2D eigenvalue weighted by atomic mass is 16.5. The van der Waals surface area contributed by atoms with Crippen LogP contribution in [0.15, 0.2) is 66.7 Å². The van der Waals surface area contributed by atoms with Gasteiger partial charge in [0.25, 0.3) is 5.91 Å². The number of carbonyl (C=O) groups excluding carboxylic acids is 2. The second-order valence-electron chi connectivity index (χ2n) is 7.34. The first-order chi connectivity index (χ1) is 14.6. The number of carbonyl (C=O) groups is 2. The summed E-state index contributed by atoms with van der Waals surface area (Å²) in [6.07, 6.45) is -0.916. The lowest BCUT2D eigenvalue weighted by molar-refractivity contribution is -0.128. The van der Waals surface area contributed by atoms with Gasteiger partial charge >= 0.3 is 0 Å². The van der Waals surface area contributed by atoms with Crippen LogP contribution in [0.1, 0.15) is 13.3 Å². The second-order valence-corrected chi connectivity index (χ2v) is 7.34. The Hall–Kier alpha value is -3.80. The zero-order valence-corrected chi connectivity index (χ0v) is 16.5. The molecule has 6 heteroatoms. The maximum atomic E-state index is 12.6. The average molecular weight is 399 g/mol. The van der Waals surface area contributed by atoms with Crippen molar-refractivity contribution in [3.63, 3.8) is 0 Å². The lowest BCUT2D eigenvalue weighted by Gasteiger charge is -2.25. The number of amides is 2. The summed E-state index contributed by atoms with van der Waals surface area (Å²) in [6, 6.07) is 21.3. The smallest absolute Gasteiger partial charge is 0.266 e. The van der Waals surface area contributed by atoms with Gasteiger partial charge in [0.1, 0.15) is 5.75 Å². The number of benzene rings is 3. The lowest BCUT2D eigenvalue weighted by Crippen LogP contribution is -2.39. The van der Waals surface area contributed by atoms with Gasteiger partial charge in [-0.2, -0.15) is 0 Å². The molecule has 6 nitrogen and oxygen atoms in total. The number of fused-ring (bicyclic) bond motifs is 4. The lowest BCUT2D eigenvalue weighted by atomic mass is 10.1. The van der Waals surface area contributed by atoms with Crippen LogP contribution in [0.2, 0.25) is 0 Å². The molecule has 30 heavy (non-hydrogen) atoms. The van der Waals surface area contributed by atoms with Crippen LogP contribution in [0.3, 0.4) is 0 Å². The number of rotatable bonds is 4. The number of para-hydroxylation sites is 3. The molecular formula is C24H21N3O3. The van der Waals surface area contributed by atoms with E-state index in [0.29, 0.717) is 17.1 Å². The van der Waals surface area contributed by atoms with E-state index in [-0.39, 0.29) is 18.2 Å². The number of anilines is 2. The molecule has 5 rings (SSSR count). The average Bonchev–Trinajstić information content (AvgIpc) is 3.07. The minimum atomic E-state index is -0.856. The molecular weight excluding hydrogens is 378 g/mol. The summed E-state index contributed by atoms with van der Waals surface area (Å²) in [5.74, 6) is -0.0119. The van der Waals surface area contributed by atoms with E-state index < -0.39 is 6.10 Å². The van der Waals surface area contributed by atoms with E-state index in [9.17, 15) is 9.59 Å². The van der Waals surface area contributed by atoms with Crippen LogP contribution in [0.4, 0.5) is 11.4 Å². The van der Waals surface area contributed by atoms with Gasteiger partial charge < -0.3 is 19.9 Å². The Bertz CT molecular complexity index is 1290. The molecule has 1 aliphatic heterocycles. The molecule has 3 aromatic carbocycles. The summed E-state index contributed by atoms with van der Waals surface area (Å²) in [4.78, 5) is 24.9. The highest BCUT2D eigenvalue weighted by Crippen LogP contribution is 2.32. The van der Waals surface area contributed by atoms with Crippen molar-refractivity contribution in [2.75, 3.05) is 10.6 Å². The monoisotopic (exact) mass is 399 g/mol. The normalized spacial score (nSPS) is 15.5. The molecule has 0 fully saturated rings. The summed E-state index contributed by atoms with van der Waals surface area (Å²) >= 11 is 0. The third-order valence-electron chi connectivity index (χ3n) is 5.45. The quantitative estimate of drug-likeness (QED) is 0.529. The van der Waals surface area contributed by atoms with Crippen LogP contribution in [-0.2, 0) is 16.1 Å². The molecule has 0 spiro atoms. The maximum Gasteiger partial charge on any atom is 0.266 e. The molecule has 0 aliphatic carbocycles. The van der Waals surface area contributed by atoms with Gasteiger partial charge in [-0.05, 0) is 43.3 Å². The Morgan fingerprint density at radius 1 is 1.03 bits per heavy atom. The highest BCUT2D eigenvalue weighted by Gasteiger charge is 2.29. The minimum absolute atomic E-state index is 0.0606. The van der Waals surface area contributed by atoms with Gasteiger partial charge in [-0.15, -0.1) is 0 Å². The Labute approximate surface area is 173 Å². The molecule has 1 atom stereocenters. The van der Waals surface area contributed by atoms with Crippen LogP contribution in [0.25, 0.3) is 21.8 Å². The van der Waals surface area contributed by atoms with E-state index in [1.165, 1.54) is 5.52 Å². The number of nitrogens with one attached hydrogen (secondary N) is 2. The Balaban J connectivity index is 1.37. The molecule has 0 saturated carbocycles. The molecule has 1 unspecified atom stereocenters. The Morgan fingerprint density at radius 2 is 1.80 bits per heavy atom. The molecule has 0 radical (unpaired) electrons. The van der Waals surface area contributed by atoms with E-state index >= 15 is 0 Å². The standard InChI is InChI=1S/C24H21N3O3/c1-2-27-19-9-5-3-7-16(19)17-13-15(11-12-20(17)27)25-23(28)14-22-24(29)26-18-8-4-6-10-21(18)30-22/h3-13,22H,2,14H2,1H3,(H,25,28)(H,26,29). The third-order valence-corrected chi connectivity index (χ3v) is 5.45. The Morgan fingerprint density at radius 3 is 2.67 bits per heavy atom. The molecule has 150 valence electrons. The zero-order valence-electron chi connectivity index (χ0n) is 16.5. The molecule has 1 aromatic heterocycles. The molecule has 4 aromatic rings. The van der Waals surface area contributed by atoms with E-state index in [4.69, 9.17) is 4.74 Å². The summed E-state index contributed by atoms with van der Waals surface area (Å²) in [6.45, 7) is 2.99. The van der Waals surface area contributed by atoms with Crippen LogP contribution in [0.5, 0.6) is 5.75 Å². The van der Waals surface area contributed by atoms with Crippen molar-refractivity contribution >= 4 is 45.0 Å². The summed E-state index contributed by atoms with van der Waals surface area (Å²) in [5.41, 5.74) is 3.62. The largest absolute Gasteiger partial charge is 0.478 e. The van der Waals surface area contributed by atoms with E-state index in [0.717, 1.165) is 22.8 Å². The Kier molecular flexibility index (Phi) is 4.39. The van der Waals surface area contributed by atoms with Gasteiger partial charge in [-0.25, -0.2) is 0 Å². The first kappa shape index (κ1) is 18.2. The SMILES string of the molecule is CCn1c2ccccc2c2cc(NC(=O)CC3Oc4ccccc4NC3=O)ccc21. The first-order valence-electron chi connectivity index (χ1n) is 10.0. The molecule has 0 bridgehead atoms. The summed E-state index contributed by atoms with van der Waals surface area (Å²) in [5, 5.41) is 7.93. The summed E-state index contributed by atoms with van der Waals surface area (Å²) in [7, 11) is 0. The number of ether oxygens (including phenoxy) is 1. The number of hydrogen-bond acceptors (Lipinski definition) is 3. The maximum absolute atomic E-state index is 12.6. The molecule has 1 aliphatic rings. The van der Waals surface area contributed by atoms with Gasteiger partial charge in [0.05, 0.1) is 12.1 Å². The van der Waals surface area contributed by atoms with Crippen molar-refractivity contribution in [1.82, 2.24) is 4.57 Å². The zero-order chi connectivity index (χ0) is 20.7.